The largest absolute Gasteiger partial charge is 0.468 e. The van der Waals surface area contributed by atoms with Crippen LogP contribution < -0.4 is 5.73 Å². The van der Waals surface area contributed by atoms with Crippen molar-refractivity contribution in [1.29, 1.82) is 0 Å². The van der Waals surface area contributed by atoms with Crippen molar-refractivity contribution in [3.63, 3.8) is 0 Å². The van der Waals surface area contributed by atoms with Crippen molar-refractivity contribution in [2.24, 2.45) is 5.73 Å². The zero-order chi connectivity index (χ0) is 15.6. The van der Waals surface area contributed by atoms with E-state index < -0.39 is 5.54 Å². The minimum Gasteiger partial charge on any atom is -0.468 e. The van der Waals surface area contributed by atoms with E-state index in [1.54, 1.807) is 6.92 Å². The maximum atomic E-state index is 11.5. The number of carbonyl (C=O) groups is 1. The van der Waals surface area contributed by atoms with Gasteiger partial charge in [-0.1, -0.05) is 6.92 Å². The molecule has 0 radical (unpaired) electrons. The molecule has 0 aromatic rings. The van der Waals surface area contributed by atoms with Crippen LogP contribution in [0.1, 0.15) is 39.5 Å². The summed E-state index contributed by atoms with van der Waals surface area (Å²) in [6.45, 7) is 8.32. The van der Waals surface area contributed by atoms with E-state index >= 15 is 0 Å². The summed E-state index contributed by atoms with van der Waals surface area (Å²) in [5.41, 5.74) is 5.10. The fourth-order valence-electron chi connectivity index (χ4n) is 2.16. The first-order chi connectivity index (χ1) is 9.33. The van der Waals surface area contributed by atoms with Crippen molar-refractivity contribution in [2.45, 2.75) is 45.1 Å². The number of likely N-dealkylation sites (N-methyl/N-ethyl adjacent to an activating group) is 1. The number of nitrogens with two attached hydrogens (primary N) is 1. The lowest BCUT2D eigenvalue weighted by atomic mass is 9.96. The molecule has 0 aromatic heterocycles. The third-order valence-electron chi connectivity index (χ3n) is 3.48. The standard InChI is InChI=1S/C15H33N3O2/c1-6-10-18(13-12-17(3)4)11-8-7-9-15(2,16)14(19)20-5/h6-13,16H2,1-5H3. The lowest BCUT2D eigenvalue weighted by molar-refractivity contribution is -0.146. The van der Waals surface area contributed by atoms with Crippen LogP contribution in [0.25, 0.3) is 0 Å². The Bertz CT molecular complexity index is 268. The Balaban J connectivity index is 3.96. The first kappa shape index (κ1) is 19.4. The second-order valence-electron chi connectivity index (χ2n) is 6.01. The van der Waals surface area contributed by atoms with E-state index in [0.29, 0.717) is 6.42 Å². The number of hydrogen-bond acceptors (Lipinski definition) is 5. The zero-order valence-electron chi connectivity index (χ0n) is 13.9. The molecule has 0 aliphatic rings. The van der Waals surface area contributed by atoms with Crippen LogP contribution in [-0.2, 0) is 9.53 Å². The van der Waals surface area contributed by atoms with Crippen molar-refractivity contribution < 1.29 is 9.53 Å². The van der Waals surface area contributed by atoms with E-state index in [0.717, 1.165) is 39.0 Å². The Labute approximate surface area is 124 Å². The number of rotatable bonds is 11. The molecule has 1 unspecified atom stereocenters. The van der Waals surface area contributed by atoms with Gasteiger partial charge in [0.25, 0.3) is 0 Å². The Morgan fingerprint density at radius 3 is 2.30 bits per heavy atom. The second-order valence-corrected chi connectivity index (χ2v) is 6.01. The van der Waals surface area contributed by atoms with Crippen LogP contribution in [0.4, 0.5) is 0 Å². The highest BCUT2D eigenvalue weighted by atomic mass is 16.5. The maximum Gasteiger partial charge on any atom is 0.325 e. The summed E-state index contributed by atoms with van der Waals surface area (Å²) in [6.07, 6.45) is 3.86. The minimum atomic E-state index is -0.853. The summed E-state index contributed by atoms with van der Waals surface area (Å²) >= 11 is 0. The van der Waals surface area contributed by atoms with Crippen molar-refractivity contribution in [1.82, 2.24) is 9.80 Å². The van der Waals surface area contributed by atoms with Gasteiger partial charge in [0.05, 0.1) is 7.11 Å². The van der Waals surface area contributed by atoms with Crippen molar-refractivity contribution in [3.05, 3.63) is 0 Å². The molecule has 2 N–H and O–H groups in total. The van der Waals surface area contributed by atoms with Crippen LogP contribution in [0.5, 0.6) is 0 Å². The number of unbranched alkanes of at least 4 members (excludes halogenated alkanes) is 1. The maximum absolute atomic E-state index is 11.5. The molecule has 0 spiro atoms. The van der Waals surface area contributed by atoms with Gasteiger partial charge in [-0.2, -0.15) is 0 Å². The van der Waals surface area contributed by atoms with Crippen LogP contribution in [0, 0.1) is 0 Å². The molecular weight excluding hydrogens is 254 g/mol. The Kier molecular flexibility index (Phi) is 9.80. The summed E-state index contributed by atoms with van der Waals surface area (Å²) in [6, 6.07) is 0. The monoisotopic (exact) mass is 287 g/mol. The van der Waals surface area contributed by atoms with Crippen molar-refractivity contribution in [2.75, 3.05) is 47.4 Å². The average molecular weight is 287 g/mol. The molecule has 120 valence electrons. The summed E-state index contributed by atoms with van der Waals surface area (Å²) < 4.78 is 4.72. The zero-order valence-corrected chi connectivity index (χ0v) is 13.9. The van der Waals surface area contributed by atoms with Gasteiger partial charge in [0.2, 0.25) is 0 Å². The fraction of sp³-hybridized carbons (Fsp3) is 0.933. The molecule has 5 nitrogen and oxygen atoms in total. The molecule has 0 bridgehead atoms. The summed E-state index contributed by atoms with van der Waals surface area (Å²) in [5, 5.41) is 0. The Morgan fingerprint density at radius 2 is 1.80 bits per heavy atom. The number of hydrogen-bond donors (Lipinski definition) is 1. The molecule has 1 atom stereocenters. The van der Waals surface area contributed by atoms with Gasteiger partial charge in [0.1, 0.15) is 5.54 Å². The predicted molar refractivity (Wildman–Crippen MR) is 83.7 cm³/mol. The number of esters is 1. The highest BCUT2D eigenvalue weighted by Crippen LogP contribution is 2.13. The van der Waals surface area contributed by atoms with Crippen LogP contribution in [-0.4, -0.2) is 68.7 Å². The molecular formula is C15H33N3O2. The van der Waals surface area contributed by atoms with Crippen LogP contribution >= 0.6 is 0 Å². The third-order valence-corrected chi connectivity index (χ3v) is 3.48. The number of nitrogens with zero attached hydrogens (tertiary/aromatic N) is 2. The van der Waals surface area contributed by atoms with E-state index in [4.69, 9.17) is 10.5 Å². The predicted octanol–water partition coefficient (Wildman–Crippen LogP) is 1.32. The van der Waals surface area contributed by atoms with Gasteiger partial charge < -0.3 is 20.3 Å². The second kappa shape index (κ2) is 10.1. The number of carbonyl (C=O) groups excluding carboxylic acids is 1. The quantitative estimate of drug-likeness (QED) is 0.459. The molecule has 0 saturated carbocycles. The van der Waals surface area contributed by atoms with Crippen LogP contribution in [0.3, 0.4) is 0 Å². The Morgan fingerprint density at radius 1 is 1.15 bits per heavy atom. The normalized spacial score (nSPS) is 14.6. The lowest BCUT2D eigenvalue weighted by Crippen LogP contribution is -2.45. The molecule has 0 rings (SSSR count). The third kappa shape index (κ3) is 8.51. The van der Waals surface area contributed by atoms with E-state index in [1.807, 2.05) is 0 Å². The van der Waals surface area contributed by atoms with Gasteiger partial charge in [0.15, 0.2) is 0 Å². The lowest BCUT2D eigenvalue weighted by Gasteiger charge is -2.25. The first-order valence-corrected chi connectivity index (χ1v) is 7.58. The van der Waals surface area contributed by atoms with Crippen molar-refractivity contribution >= 4 is 5.97 Å². The minimum absolute atomic E-state index is 0.324. The topological polar surface area (TPSA) is 58.8 Å². The van der Waals surface area contributed by atoms with E-state index in [9.17, 15) is 4.79 Å². The molecule has 0 aliphatic heterocycles. The molecule has 0 fully saturated rings. The molecule has 0 aromatic carbocycles. The van der Waals surface area contributed by atoms with Gasteiger partial charge >= 0.3 is 5.97 Å². The summed E-state index contributed by atoms with van der Waals surface area (Å²) in [7, 11) is 5.58. The van der Waals surface area contributed by atoms with Gasteiger partial charge in [-0.3, -0.25) is 4.79 Å². The molecule has 20 heavy (non-hydrogen) atoms. The summed E-state index contributed by atoms with van der Waals surface area (Å²) in [4.78, 5) is 16.2. The highest BCUT2D eigenvalue weighted by Gasteiger charge is 2.28. The molecule has 5 heteroatoms. The molecule has 0 amide bonds. The van der Waals surface area contributed by atoms with E-state index in [2.05, 4.69) is 30.8 Å². The van der Waals surface area contributed by atoms with Crippen LogP contribution in [0.2, 0.25) is 0 Å². The highest BCUT2D eigenvalue weighted by molar-refractivity contribution is 5.79. The van der Waals surface area contributed by atoms with Gasteiger partial charge in [-0.25, -0.2) is 0 Å². The SMILES string of the molecule is CCCN(CCCCC(C)(N)C(=O)OC)CCN(C)C. The number of ether oxygens (including phenoxy) is 1. The smallest absolute Gasteiger partial charge is 0.325 e. The van der Waals surface area contributed by atoms with E-state index in [1.165, 1.54) is 13.5 Å². The molecule has 0 heterocycles. The van der Waals surface area contributed by atoms with Crippen LogP contribution in [0.15, 0.2) is 0 Å². The first-order valence-electron chi connectivity index (χ1n) is 7.58. The van der Waals surface area contributed by atoms with Gasteiger partial charge in [-0.15, -0.1) is 0 Å². The van der Waals surface area contributed by atoms with Crippen molar-refractivity contribution in [3.8, 4) is 0 Å². The van der Waals surface area contributed by atoms with Gasteiger partial charge in [-0.05, 0) is 59.8 Å². The van der Waals surface area contributed by atoms with Gasteiger partial charge in [0, 0.05) is 13.1 Å². The average Bonchev–Trinajstić information content (AvgIpc) is 2.39. The molecule has 0 saturated heterocycles. The Hall–Kier alpha value is -0.650. The fourth-order valence-corrected chi connectivity index (χ4v) is 2.16. The number of methoxy groups -OCH3 is 1. The molecule has 0 aliphatic carbocycles. The van der Waals surface area contributed by atoms with E-state index in [-0.39, 0.29) is 5.97 Å². The summed E-state index contributed by atoms with van der Waals surface area (Å²) in [5.74, 6) is -0.324.